The summed E-state index contributed by atoms with van der Waals surface area (Å²) in [6, 6.07) is 2.11. The Labute approximate surface area is 277 Å². The number of ether oxygens (including phenoxy) is 1. The Morgan fingerprint density at radius 3 is 2.32 bits per heavy atom. The number of carboxylic acids is 1. The van der Waals surface area contributed by atoms with E-state index in [-0.39, 0.29) is 24.0 Å². The third-order valence-electron chi connectivity index (χ3n) is 10.2. The van der Waals surface area contributed by atoms with Crippen molar-refractivity contribution in [3.63, 3.8) is 0 Å². The molecule has 1 aromatic rings. The summed E-state index contributed by atoms with van der Waals surface area (Å²) in [7, 11) is 1.42. The first-order valence-corrected chi connectivity index (χ1v) is 17.2. The van der Waals surface area contributed by atoms with Gasteiger partial charge in [0.1, 0.15) is 6.17 Å². The molecule has 5 heterocycles. The van der Waals surface area contributed by atoms with Crippen LogP contribution in [-0.4, -0.2) is 52.6 Å². The molecule has 0 saturated heterocycles. The van der Waals surface area contributed by atoms with Crippen LogP contribution >= 0.6 is 0 Å². The van der Waals surface area contributed by atoms with Crippen LogP contribution in [0.1, 0.15) is 105 Å². The molecule has 250 valence electrons. The van der Waals surface area contributed by atoms with E-state index in [9.17, 15) is 14.7 Å². The molecule has 4 aliphatic rings. The highest BCUT2D eigenvalue weighted by Crippen LogP contribution is 2.45. The van der Waals surface area contributed by atoms with E-state index in [1.54, 1.807) is 0 Å². The molecule has 9 heteroatoms. The zero-order valence-corrected chi connectivity index (χ0v) is 29.0. The number of nitrogens with zero attached hydrogens (tertiary/aromatic N) is 3. The maximum Gasteiger partial charge on any atom is 0.305 e. The Kier molecular flexibility index (Phi) is 10.3. The van der Waals surface area contributed by atoms with Gasteiger partial charge in [-0.2, -0.15) is 0 Å². The number of allylic oxidation sites excluding steroid dienone is 4. The normalized spacial score (nSPS) is 22.0. The average Bonchev–Trinajstić information content (AvgIpc) is 3.74. The van der Waals surface area contributed by atoms with Crippen molar-refractivity contribution in [3.05, 3.63) is 67.7 Å². The van der Waals surface area contributed by atoms with Gasteiger partial charge in [0.15, 0.2) is 5.84 Å². The molecule has 4 aliphatic heterocycles. The fourth-order valence-corrected chi connectivity index (χ4v) is 7.34. The minimum atomic E-state index is -0.801. The SMILES string of the molecule is CCC1=C(CC)C2=NC3NC(=C(CC)C3(C)CC)C=C3N=C(C=c4[nH]c(cc4CCCC(=O)O)=CC1=N2)C(CCCC(=O)OC)=C3C. The molecule has 0 spiro atoms. The summed E-state index contributed by atoms with van der Waals surface area (Å²) in [6.45, 7) is 13.2. The summed E-state index contributed by atoms with van der Waals surface area (Å²) in [4.78, 5) is 42.6. The number of aryl methyl sites for hydroxylation is 1. The molecule has 8 bridgehead atoms. The van der Waals surface area contributed by atoms with Crippen molar-refractivity contribution >= 4 is 41.3 Å². The van der Waals surface area contributed by atoms with Crippen LogP contribution in [0.2, 0.25) is 0 Å². The number of carbonyl (C=O) groups is 2. The van der Waals surface area contributed by atoms with Gasteiger partial charge in [0.2, 0.25) is 0 Å². The number of hydrogen-bond donors (Lipinski definition) is 3. The maximum absolute atomic E-state index is 12.0. The number of methoxy groups -OCH3 is 1. The van der Waals surface area contributed by atoms with Crippen LogP contribution in [0.3, 0.4) is 0 Å². The van der Waals surface area contributed by atoms with Gasteiger partial charge in [-0.25, -0.2) is 15.0 Å². The van der Waals surface area contributed by atoms with Crippen molar-refractivity contribution in [2.75, 3.05) is 7.11 Å². The van der Waals surface area contributed by atoms with Crippen LogP contribution in [-0.2, 0) is 20.7 Å². The summed E-state index contributed by atoms with van der Waals surface area (Å²) >= 11 is 0. The number of esters is 1. The fourth-order valence-electron chi connectivity index (χ4n) is 7.34. The number of rotatable bonds is 12. The molecule has 47 heavy (non-hydrogen) atoms. The Morgan fingerprint density at radius 2 is 1.66 bits per heavy atom. The second-order valence-electron chi connectivity index (χ2n) is 12.9. The lowest BCUT2D eigenvalue weighted by molar-refractivity contribution is -0.140. The van der Waals surface area contributed by atoms with Crippen molar-refractivity contribution in [1.82, 2.24) is 10.3 Å². The highest BCUT2D eigenvalue weighted by molar-refractivity contribution is 6.32. The summed E-state index contributed by atoms with van der Waals surface area (Å²) in [6.07, 6.45) is 12.6. The second-order valence-corrected chi connectivity index (χ2v) is 12.9. The van der Waals surface area contributed by atoms with Crippen LogP contribution in [0.15, 0.2) is 66.4 Å². The molecule has 9 nitrogen and oxygen atoms in total. The average molecular weight is 640 g/mol. The van der Waals surface area contributed by atoms with E-state index in [1.807, 2.05) is 0 Å². The lowest BCUT2D eigenvalue weighted by Crippen LogP contribution is -2.36. The van der Waals surface area contributed by atoms with Gasteiger partial charge in [-0.15, -0.1) is 0 Å². The van der Waals surface area contributed by atoms with Crippen LogP contribution in [0.4, 0.5) is 0 Å². The van der Waals surface area contributed by atoms with Gasteiger partial charge in [-0.1, -0.05) is 34.6 Å². The Hall–Kier alpha value is -4.27. The smallest absolute Gasteiger partial charge is 0.305 e. The van der Waals surface area contributed by atoms with E-state index in [0.29, 0.717) is 32.1 Å². The first kappa shape index (κ1) is 34.1. The number of aliphatic carboxylic acids is 1. The molecule has 1 aromatic heterocycles. The molecular weight excluding hydrogens is 590 g/mol. The van der Waals surface area contributed by atoms with Crippen molar-refractivity contribution in [3.8, 4) is 0 Å². The molecule has 0 aliphatic carbocycles. The maximum atomic E-state index is 12.0. The van der Waals surface area contributed by atoms with Crippen LogP contribution in [0, 0.1) is 5.41 Å². The number of carbonyl (C=O) groups excluding carboxylic acids is 1. The monoisotopic (exact) mass is 639 g/mol. The Balaban J connectivity index is 1.75. The fraction of sp³-hybridized carbons (Fsp3) is 0.500. The van der Waals surface area contributed by atoms with Gasteiger partial charge in [-0.05, 0) is 110 Å². The van der Waals surface area contributed by atoms with E-state index in [0.717, 1.165) is 81.7 Å². The van der Waals surface area contributed by atoms with Gasteiger partial charge < -0.3 is 20.1 Å². The number of hydrogen-bond acceptors (Lipinski definition) is 7. The van der Waals surface area contributed by atoms with E-state index in [4.69, 9.17) is 19.7 Å². The summed E-state index contributed by atoms with van der Waals surface area (Å²) in [5.74, 6) is -0.224. The topological polar surface area (TPSA) is 128 Å². The van der Waals surface area contributed by atoms with Crippen molar-refractivity contribution in [2.45, 2.75) is 112 Å². The van der Waals surface area contributed by atoms with Crippen LogP contribution < -0.4 is 16.0 Å². The number of carboxylic acid groups (broad SMARTS) is 1. The van der Waals surface area contributed by atoms with Crippen molar-refractivity contribution < 1.29 is 19.4 Å². The number of aromatic nitrogens is 1. The molecule has 5 rings (SSSR count). The quantitative estimate of drug-likeness (QED) is 0.243. The van der Waals surface area contributed by atoms with E-state index in [1.165, 1.54) is 23.8 Å². The van der Waals surface area contributed by atoms with Gasteiger partial charge in [0.25, 0.3) is 0 Å². The van der Waals surface area contributed by atoms with Gasteiger partial charge in [-0.3, -0.25) is 9.59 Å². The number of nitrogens with one attached hydrogen (secondary N) is 2. The van der Waals surface area contributed by atoms with E-state index >= 15 is 0 Å². The second kappa shape index (κ2) is 14.2. The zero-order valence-electron chi connectivity index (χ0n) is 29.0. The molecule has 2 atom stereocenters. The Bertz CT molecular complexity index is 1810. The van der Waals surface area contributed by atoms with Gasteiger partial charge in [0, 0.05) is 40.2 Å². The third-order valence-corrected chi connectivity index (χ3v) is 10.2. The Morgan fingerprint density at radius 1 is 0.936 bits per heavy atom. The summed E-state index contributed by atoms with van der Waals surface area (Å²) in [5, 5.41) is 14.9. The number of amidine groups is 1. The predicted octanol–water partition coefficient (Wildman–Crippen LogP) is 5.97. The molecule has 0 amide bonds. The largest absolute Gasteiger partial charge is 0.481 e. The van der Waals surface area contributed by atoms with Gasteiger partial charge >= 0.3 is 11.9 Å². The van der Waals surface area contributed by atoms with Crippen molar-refractivity contribution in [1.29, 1.82) is 0 Å². The minimum Gasteiger partial charge on any atom is -0.481 e. The van der Waals surface area contributed by atoms with Gasteiger partial charge in [0.05, 0.1) is 24.2 Å². The highest BCUT2D eigenvalue weighted by Gasteiger charge is 2.43. The standard InChI is InChI=1S/C38H49N5O4/c1-8-25-26(9-2)36-41-31(25)19-24-18-23(14-12-16-34(44)45)30(39-24)21-32-27(15-13-17-35(46)47-7)22(5)29(40-32)20-33-28(10-3)38(6,11-4)37(42-33)43-36/h18-21,37,39,42H,8-17H2,1-7H3,(H,44,45). The molecule has 0 radical (unpaired) electrons. The predicted molar refractivity (Wildman–Crippen MR) is 189 cm³/mol. The van der Waals surface area contributed by atoms with E-state index < -0.39 is 5.97 Å². The number of aliphatic imine (C=N–C) groups is 3. The first-order valence-electron chi connectivity index (χ1n) is 17.2. The lowest BCUT2D eigenvalue weighted by atomic mass is 9.77. The molecule has 3 N–H and O–H groups in total. The van der Waals surface area contributed by atoms with Crippen LogP contribution in [0.5, 0.6) is 0 Å². The summed E-state index contributed by atoms with van der Waals surface area (Å²) in [5.41, 5.74) is 10.5. The number of fused-ring (bicyclic) bond motifs is 6. The zero-order chi connectivity index (χ0) is 33.9. The molecular formula is C38H49N5O4. The summed E-state index contributed by atoms with van der Waals surface area (Å²) < 4.78 is 4.91. The molecule has 0 aromatic carbocycles. The number of aromatic amines is 1. The highest BCUT2D eigenvalue weighted by atomic mass is 16.5. The van der Waals surface area contributed by atoms with Crippen molar-refractivity contribution in [2.24, 2.45) is 20.4 Å². The first-order chi connectivity index (χ1) is 22.6. The lowest BCUT2D eigenvalue weighted by Gasteiger charge is -2.30. The third kappa shape index (κ3) is 6.76. The minimum absolute atomic E-state index is 0.101. The molecule has 2 unspecified atom stereocenters. The number of H-pyrrole nitrogens is 1. The molecule has 0 saturated carbocycles. The van der Waals surface area contributed by atoms with E-state index in [2.05, 4.69) is 76.1 Å². The molecule has 0 fully saturated rings. The van der Waals surface area contributed by atoms with Crippen LogP contribution in [0.25, 0.3) is 12.2 Å².